The third-order valence-electron chi connectivity index (χ3n) is 4.30. The summed E-state index contributed by atoms with van der Waals surface area (Å²) in [4.78, 5) is 24.5. The Hall–Kier alpha value is -2.04. The minimum absolute atomic E-state index is 0.0160. The van der Waals surface area contributed by atoms with Crippen LogP contribution in [0.25, 0.3) is 0 Å². The lowest BCUT2D eigenvalue weighted by Gasteiger charge is -2.40. The van der Waals surface area contributed by atoms with Crippen molar-refractivity contribution in [3.8, 4) is 0 Å². The molecule has 5 nitrogen and oxygen atoms in total. The van der Waals surface area contributed by atoms with E-state index >= 15 is 0 Å². The molecule has 120 valence electrons. The number of urea groups is 1. The molecule has 2 N–H and O–H groups in total. The third kappa shape index (κ3) is 4.23. The molecule has 2 rings (SSSR count). The number of carboxylic acid groups (broad SMARTS) is 1. The van der Waals surface area contributed by atoms with Crippen LogP contribution in [0, 0.1) is 0 Å². The highest BCUT2D eigenvalue weighted by Gasteiger charge is 2.34. The highest BCUT2D eigenvalue weighted by molar-refractivity contribution is 5.74. The number of rotatable bonds is 5. The molecule has 0 spiro atoms. The fourth-order valence-electron chi connectivity index (χ4n) is 3.04. The van der Waals surface area contributed by atoms with Gasteiger partial charge < -0.3 is 15.3 Å². The maximum atomic E-state index is 12.2. The van der Waals surface area contributed by atoms with Crippen molar-refractivity contribution < 1.29 is 14.7 Å². The number of nitrogens with one attached hydrogen (secondary N) is 1. The molecule has 1 unspecified atom stereocenters. The number of likely N-dealkylation sites (tertiary alicyclic amines) is 1. The van der Waals surface area contributed by atoms with Crippen LogP contribution in [0.1, 0.15) is 38.2 Å². The van der Waals surface area contributed by atoms with Crippen LogP contribution < -0.4 is 5.32 Å². The van der Waals surface area contributed by atoms with E-state index in [2.05, 4.69) is 24.4 Å². The lowest BCUT2D eigenvalue weighted by molar-refractivity contribution is -0.137. The Labute approximate surface area is 131 Å². The van der Waals surface area contributed by atoms with Gasteiger partial charge in [0.1, 0.15) is 0 Å². The van der Waals surface area contributed by atoms with Gasteiger partial charge in [-0.05, 0) is 24.8 Å². The van der Waals surface area contributed by atoms with Crippen molar-refractivity contribution >= 4 is 12.0 Å². The highest BCUT2D eigenvalue weighted by atomic mass is 16.4. The van der Waals surface area contributed by atoms with Crippen molar-refractivity contribution in [3.63, 3.8) is 0 Å². The molecule has 1 saturated heterocycles. The molecule has 0 saturated carbocycles. The zero-order chi connectivity index (χ0) is 16.0. The average Bonchev–Trinajstić information content (AvgIpc) is 2.52. The molecule has 1 atom stereocenters. The number of aliphatic carboxylic acids is 1. The van der Waals surface area contributed by atoms with Crippen molar-refractivity contribution in [1.82, 2.24) is 10.2 Å². The van der Waals surface area contributed by atoms with Gasteiger partial charge in [-0.1, -0.05) is 37.3 Å². The second-order valence-corrected chi connectivity index (χ2v) is 6.18. The molecule has 0 bridgehead atoms. The highest BCUT2D eigenvalue weighted by Crippen LogP contribution is 2.33. The van der Waals surface area contributed by atoms with Crippen molar-refractivity contribution in [2.75, 3.05) is 19.6 Å². The Bertz CT molecular complexity index is 518. The monoisotopic (exact) mass is 304 g/mol. The summed E-state index contributed by atoms with van der Waals surface area (Å²) in [6, 6.07) is 10.2. The predicted octanol–water partition coefficient (Wildman–Crippen LogP) is 2.61. The van der Waals surface area contributed by atoms with Crippen LogP contribution in [0.4, 0.5) is 4.79 Å². The van der Waals surface area contributed by atoms with Crippen LogP contribution in [0.15, 0.2) is 30.3 Å². The minimum atomic E-state index is -0.830. The number of carbonyl (C=O) groups excluding carboxylic acids is 1. The molecule has 22 heavy (non-hydrogen) atoms. The number of hydrogen-bond donors (Lipinski definition) is 2. The molecule has 0 aliphatic carbocycles. The van der Waals surface area contributed by atoms with Gasteiger partial charge in [-0.25, -0.2) is 4.79 Å². The Balaban J connectivity index is 1.90. The number of benzene rings is 1. The van der Waals surface area contributed by atoms with E-state index in [1.807, 2.05) is 23.1 Å². The quantitative estimate of drug-likeness (QED) is 0.822. The van der Waals surface area contributed by atoms with Gasteiger partial charge in [0.05, 0.1) is 0 Å². The van der Waals surface area contributed by atoms with E-state index in [0.717, 1.165) is 19.4 Å². The van der Waals surface area contributed by atoms with E-state index in [1.54, 1.807) is 0 Å². The van der Waals surface area contributed by atoms with Crippen LogP contribution in [-0.2, 0) is 10.2 Å². The van der Waals surface area contributed by atoms with Gasteiger partial charge in [0.15, 0.2) is 0 Å². The molecule has 0 aromatic heterocycles. The first-order valence-electron chi connectivity index (χ1n) is 7.81. The van der Waals surface area contributed by atoms with Crippen LogP contribution in [0.5, 0.6) is 0 Å². The maximum Gasteiger partial charge on any atom is 0.317 e. The normalized spacial score (nSPS) is 21.4. The number of hydrogen-bond acceptors (Lipinski definition) is 2. The molecule has 2 amide bonds. The number of carbonyl (C=O) groups is 2. The summed E-state index contributed by atoms with van der Waals surface area (Å²) in [5.74, 6) is -0.830. The van der Waals surface area contributed by atoms with E-state index in [9.17, 15) is 9.59 Å². The van der Waals surface area contributed by atoms with Gasteiger partial charge >= 0.3 is 12.0 Å². The Morgan fingerprint density at radius 3 is 2.73 bits per heavy atom. The fourth-order valence-corrected chi connectivity index (χ4v) is 3.04. The first kappa shape index (κ1) is 16.3. The smallest absolute Gasteiger partial charge is 0.317 e. The van der Waals surface area contributed by atoms with E-state index in [4.69, 9.17) is 5.11 Å². The van der Waals surface area contributed by atoms with Crippen molar-refractivity contribution in [2.45, 2.75) is 38.0 Å². The van der Waals surface area contributed by atoms with Gasteiger partial charge in [0.2, 0.25) is 0 Å². The first-order valence-corrected chi connectivity index (χ1v) is 7.81. The Morgan fingerprint density at radius 2 is 2.05 bits per heavy atom. The number of nitrogens with zero attached hydrogens (tertiary/aromatic N) is 1. The van der Waals surface area contributed by atoms with Crippen molar-refractivity contribution in [3.05, 3.63) is 35.9 Å². The Kier molecular flexibility index (Phi) is 5.41. The maximum absolute atomic E-state index is 12.2. The average molecular weight is 304 g/mol. The summed E-state index contributed by atoms with van der Waals surface area (Å²) in [5, 5.41) is 11.4. The summed E-state index contributed by atoms with van der Waals surface area (Å²) < 4.78 is 0. The molecular formula is C17H24N2O3. The summed E-state index contributed by atoms with van der Waals surface area (Å²) >= 11 is 0. The number of amides is 2. The lowest BCUT2D eigenvalue weighted by atomic mass is 9.76. The molecule has 1 aliphatic heterocycles. The fraction of sp³-hybridized carbons (Fsp3) is 0.529. The van der Waals surface area contributed by atoms with Gasteiger partial charge in [-0.2, -0.15) is 0 Å². The first-order chi connectivity index (χ1) is 10.5. The van der Waals surface area contributed by atoms with Crippen LogP contribution in [0.3, 0.4) is 0 Å². The predicted molar refractivity (Wildman–Crippen MR) is 84.9 cm³/mol. The van der Waals surface area contributed by atoms with Gasteiger partial charge in [0.25, 0.3) is 0 Å². The van der Waals surface area contributed by atoms with E-state index in [-0.39, 0.29) is 17.9 Å². The zero-order valence-corrected chi connectivity index (χ0v) is 13.0. The number of piperidine rings is 1. The van der Waals surface area contributed by atoms with E-state index in [1.165, 1.54) is 5.56 Å². The SMILES string of the molecule is CC1(c2ccccc2)CCCN(C(=O)NCCCC(=O)O)C1. The molecule has 1 aromatic carbocycles. The molecule has 1 aliphatic rings. The minimum Gasteiger partial charge on any atom is -0.481 e. The largest absolute Gasteiger partial charge is 0.481 e. The van der Waals surface area contributed by atoms with Crippen LogP contribution in [0.2, 0.25) is 0 Å². The summed E-state index contributed by atoms with van der Waals surface area (Å²) in [6.45, 7) is 4.06. The third-order valence-corrected chi connectivity index (χ3v) is 4.30. The van der Waals surface area contributed by atoms with E-state index < -0.39 is 5.97 Å². The second-order valence-electron chi connectivity index (χ2n) is 6.18. The molecule has 5 heteroatoms. The van der Waals surface area contributed by atoms with Gasteiger partial charge in [-0.15, -0.1) is 0 Å². The lowest BCUT2D eigenvalue weighted by Crippen LogP contribution is -2.50. The molecule has 1 fully saturated rings. The summed E-state index contributed by atoms with van der Waals surface area (Å²) in [7, 11) is 0. The van der Waals surface area contributed by atoms with Crippen molar-refractivity contribution in [1.29, 1.82) is 0 Å². The standard InChI is InChI=1S/C17H24N2O3/c1-17(14-7-3-2-4-8-14)10-6-12-19(13-17)16(22)18-11-5-9-15(20)21/h2-4,7-8H,5-6,9-13H2,1H3,(H,18,22)(H,20,21). The summed E-state index contributed by atoms with van der Waals surface area (Å²) in [6.07, 6.45) is 2.60. The molecule has 1 aromatic rings. The van der Waals surface area contributed by atoms with Crippen LogP contribution >= 0.6 is 0 Å². The zero-order valence-electron chi connectivity index (χ0n) is 13.0. The van der Waals surface area contributed by atoms with Gasteiger partial charge in [-0.3, -0.25) is 4.79 Å². The molecule has 0 radical (unpaired) electrons. The topological polar surface area (TPSA) is 69.6 Å². The van der Waals surface area contributed by atoms with Gasteiger partial charge in [0, 0.05) is 31.5 Å². The molecular weight excluding hydrogens is 280 g/mol. The van der Waals surface area contributed by atoms with Crippen molar-refractivity contribution in [2.24, 2.45) is 0 Å². The van der Waals surface area contributed by atoms with Crippen LogP contribution in [-0.4, -0.2) is 41.6 Å². The van der Waals surface area contributed by atoms with E-state index in [0.29, 0.717) is 19.5 Å². The Morgan fingerprint density at radius 1 is 1.32 bits per heavy atom. The number of carboxylic acids is 1. The second kappa shape index (κ2) is 7.29. The summed E-state index contributed by atoms with van der Waals surface area (Å²) in [5.41, 5.74) is 1.25. The molecule has 1 heterocycles.